The molecule has 0 amide bonds. The molecule has 4 nitrogen and oxygen atoms in total. The predicted molar refractivity (Wildman–Crippen MR) is 73.6 cm³/mol. The number of aromatic nitrogens is 2. The van der Waals surface area contributed by atoms with E-state index in [9.17, 15) is 5.21 Å². The maximum atomic E-state index is 10.3. The molecule has 0 aliphatic carbocycles. The van der Waals surface area contributed by atoms with Crippen LogP contribution in [0.3, 0.4) is 0 Å². The molecule has 3 rings (SSSR count). The average Bonchev–Trinajstić information content (AvgIpc) is 2.76. The van der Waals surface area contributed by atoms with Crippen molar-refractivity contribution < 1.29 is 9.94 Å². The van der Waals surface area contributed by atoms with Crippen molar-refractivity contribution in [3.8, 4) is 17.1 Å². The summed E-state index contributed by atoms with van der Waals surface area (Å²) < 4.78 is 6.42. The van der Waals surface area contributed by atoms with Crippen molar-refractivity contribution in [2.24, 2.45) is 0 Å². The number of para-hydroxylation sites is 1. The lowest BCUT2D eigenvalue weighted by molar-refractivity contribution is 0.202. The van der Waals surface area contributed by atoms with E-state index < -0.39 is 0 Å². The van der Waals surface area contributed by atoms with Gasteiger partial charge in [0.2, 0.25) is 0 Å². The summed E-state index contributed by atoms with van der Waals surface area (Å²) in [5, 5.41) is 10.3. The highest BCUT2D eigenvalue weighted by atomic mass is 16.5. The summed E-state index contributed by atoms with van der Waals surface area (Å²) in [6.07, 6.45) is 0. The summed E-state index contributed by atoms with van der Waals surface area (Å²) in [6.45, 7) is 1.98. The number of hydrogen-bond donors (Lipinski definition) is 1. The van der Waals surface area contributed by atoms with Crippen LogP contribution in [-0.4, -0.2) is 22.0 Å². The molecule has 2 aromatic carbocycles. The predicted octanol–water partition coefficient (Wildman–Crippen LogP) is 3.26. The molecule has 0 aliphatic rings. The van der Waals surface area contributed by atoms with Gasteiger partial charge in [-0.25, -0.2) is 4.98 Å². The molecule has 0 saturated heterocycles. The molecule has 0 radical (unpaired) electrons. The van der Waals surface area contributed by atoms with Gasteiger partial charge >= 0.3 is 0 Å². The molecule has 0 spiro atoms. The van der Waals surface area contributed by atoms with Crippen LogP contribution in [0.5, 0.6) is 5.75 Å². The van der Waals surface area contributed by atoms with Crippen molar-refractivity contribution in [3.05, 3.63) is 48.0 Å². The Kier molecular flexibility index (Phi) is 2.63. The lowest BCUT2D eigenvalue weighted by atomic mass is 10.2. The molecule has 0 saturated carbocycles. The number of benzene rings is 2. The highest BCUT2D eigenvalue weighted by Gasteiger charge is 2.15. The molecule has 19 heavy (non-hydrogen) atoms. The quantitative estimate of drug-likeness (QED) is 0.714. The first-order valence-electron chi connectivity index (χ1n) is 6.02. The molecular formula is C15H14N2O2. The number of hydrogen-bond acceptors (Lipinski definition) is 3. The van der Waals surface area contributed by atoms with Crippen molar-refractivity contribution >= 4 is 11.0 Å². The summed E-state index contributed by atoms with van der Waals surface area (Å²) in [5.41, 5.74) is 3.30. The molecule has 1 heterocycles. The van der Waals surface area contributed by atoms with Crippen LogP contribution in [-0.2, 0) is 0 Å². The van der Waals surface area contributed by atoms with Crippen LogP contribution >= 0.6 is 0 Å². The van der Waals surface area contributed by atoms with Crippen molar-refractivity contribution in [3.63, 3.8) is 0 Å². The summed E-state index contributed by atoms with van der Waals surface area (Å²) in [5.74, 6) is 1.17. The third-order valence-electron chi connectivity index (χ3n) is 3.13. The van der Waals surface area contributed by atoms with Crippen LogP contribution < -0.4 is 4.74 Å². The van der Waals surface area contributed by atoms with E-state index in [1.807, 2.05) is 49.4 Å². The first kappa shape index (κ1) is 11.6. The van der Waals surface area contributed by atoms with Gasteiger partial charge in [0.15, 0.2) is 5.82 Å². The molecule has 1 aromatic heterocycles. The van der Waals surface area contributed by atoms with Gasteiger partial charge in [-0.2, -0.15) is 4.73 Å². The number of imidazole rings is 1. The standard InChI is InChI=1S/C15H14N2O2/c1-10-7-8-12-13(9-10)17(18)15(16-12)11-5-3-4-6-14(11)19-2/h3-9,18H,1-2H3. The fourth-order valence-corrected chi connectivity index (χ4v) is 2.18. The van der Waals surface area contributed by atoms with E-state index in [4.69, 9.17) is 4.74 Å². The third kappa shape index (κ3) is 1.81. The Morgan fingerprint density at radius 1 is 1.16 bits per heavy atom. The van der Waals surface area contributed by atoms with Gasteiger partial charge in [0.05, 0.1) is 18.2 Å². The maximum Gasteiger partial charge on any atom is 0.180 e. The van der Waals surface area contributed by atoms with Gasteiger partial charge < -0.3 is 9.94 Å². The van der Waals surface area contributed by atoms with Crippen LogP contribution in [0, 0.1) is 6.92 Å². The normalized spacial score (nSPS) is 10.8. The lowest BCUT2D eigenvalue weighted by Gasteiger charge is -2.06. The summed E-state index contributed by atoms with van der Waals surface area (Å²) in [7, 11) is 1.60. The van der Waals surface area contributed by atoms with Gasteiger partial charge in [-0.15, -0.1) is 0 Å². The second-order valence-electron chi connectivity index (χ2n) is 4.44. The van der Waals surface area contributed by atoms with Gasteiger partial charge in [0.1, 0.15) is 11.3 Å². The second-order valence-corrected chi connectivity index (χ2v) is 4.44. The Labute approximate surface area is 110 Å². The number of nitrogens with zero attached hydrogens (tertiary/aromatic N) is 2. The highest BCUT2D eigenvalue weighted by molar-refractivity contribution is 5.82. The summed E-state index contributed by atoms with van der Waals surface area (Å²) in [6, 6.07) is 13.3. The van der Waals surface area contributed by atoms with Gasteiger partial charge in [0.25, 0.3) is 0 Å². The molecule has 0 atom stereocenters. The molecule has 4 heteroatoms. The van der Waals surface area contributed by atoms with Crippen molar-refractivity contribution in [2.45, 2.75) is 6.92 Å². The Hall–Kier alpha value is -2.49. The monoisotopic (exact) mass is 254 g/mol. The zero-order chi connectivity index (χ0) is 13.4. The Balaban J connectivity index is 2.28. The molecule has 3 aromatic rings. The van der Waals surface area contributed by atoms with Gasteiger partial charge in [0, 0.05) is 0 Å². The Morgan fingerprint density at radius 2 is 1.95 bits per heavy atom. The molecule has 0 aliphatic heterocycles. The zero-order valence-electron chi connectivity index (χ0n) is 10.8. The van der Waals surface area contributed by atoms with Gasteiger partial charge in [-0.05, 0) is 36.8 Å². The number of methoxy groups -OCH3 is 1. The fourth-order valence-electron chi connectivity index (χ4n) is 2.18. The Morgan fingerprint density at radius 3 is 2.74 bits per heavy atom. The minimum absolute atomic E-state index is 0.484. The smallest absolute Gasteiger partial charge is 0.180 e. The molecule has 0 fully saturated rings. The minimum atomic E-state index is 0.484. The van der Waals surface area contributed by atoms with E-state index in [0.29, 0.717) is 17.1 Å². The SMILES string of the molecule is COc1ccccc1-c1nc2ccc(C)cc2n1O. The lowest BCUT2D eigenvalue weighted by Crippen LogP contribution is -1.96. The molecule has 1 N–H and O–H groups in total. The van der Waals surface area contributed by atoms with Gasteiger partial charge in [-0.1, -0.05) is 18.2 Å². The van der Waals surface area contributed by atoms with E-state index in [0.717, 1.165) is 21.4 Å². The zero-order valence-corrected chi connectivity index (χ0v) is 10.8. The maximum absolute atomic E-state index is 10.3. The van der Waals surface area contributed by atoms with Crippen LogP contribution in [0.4, 0.5) is 0 Å². The Bertz CT molecular complexity index is 747. The van der Waals surface area contributed by atoms with E-state index in [-0.39, 0.29) is 0 Å². The number of rotatable bonds is 2. The molecule has 0 bridgehead atoms. The van der Waals surface area contributed by atoms with Crippen LogP contribution in [0.1, 0.15) is 5.56 Å². The van der Waals surface area contributed by atoms with E-state index in [2.05, 4.69) is 4.98 Å². The molecule has 0 unspecified atom stereocenters. The topological polar surface area (TPSA) is 47.3 Å². The van der Waals surface area contributed by atoms with Gasteiger partial charge in [-0.3, -0.25) is 0 Å². The van der Waals surface area contributed by atoms with E-state index in [1.165, 1.54) is 0 Å². The molecule has 96 valence electrons. The van der Waals surface area contributed by atoms with Crippen LogP contribution in [0.15, 0.2) is 42.5 Å². The third-order valence-corrected chi connectivity index (χ3v) is 3.13. The summed E-state index contributed by atoms with van der Waals surface area (Å²) in [4.78, 5) is 4.47. The first-order valence-corrected chi connectivity index (χ1v) is 6.02. The highest BCUT2D eigenvalue weighted by Crippen LogP contribution is 2.30. The number of aryl methyl sites for hydroxylation is 1. The fraction of sp³-hybridized carbons (Fsp3) is 0.133. The van der Waals surface area contributed by atoms with Crippen molar-refractivity contribution in [2.75, 3.05) is 7.11 Å². The van der Waals surface area contributed by atoms with Crippen LogP contribution in [0.2, 0.25) is 0 Å². The van der Waals surface area contributed by atoms with Crippen molar-refractivity contribution in [1.29, 1.82) is 0 Å². The first-order chi connectivity index (χ1) is 9.20. The van der Waals surface area contributed by atoms with E-state index in [1.54, 1.807) is 7.11 Å². The van der Waals surface area contributed by atoms with Crippen molar-refractivity contribution in [1.82, 2.24) is 9.71 Å². The average molecular weight is 254 g/mol. The second kappa shape index (κ2) is 4.31. The molecular weight excluding hydrogens is 240 g/mol. The largest absolute Gasteiger partial charge is 0.496 e. The number of ether oxygens (including phenoxy) is 1. The van der Waals surface area contributed by atoms with Crippen LogP contribution in [0.25, 0.3) is 22.4 Å². The minimum Gasteiger partial charge on any atom is -0.496 e. The summed E-state index contributed by atoms with van der Waals surface area (Å²) >= 11 is 0. The number of fused-ring (bicyclic) bond motifs is 1. The van der Waals surface area contributed by atoms with E-state index >= 15 is 0 Å².